The van der Waals surface area contributed by atoms with Crippen molar-refractivity contribution in [1.82, 2.24) is 30.2 Å². The van der Waals surface area contributed by atoms with Gasteiger partial charge in [-0.1, -0.05) is 6.92 Å². The summed E-state index contributed by atoms with van der Waals surface area (Å²) in [5.41, 5.74) is 3.29. The minimum Gasteiger partial charge on any atom is -0.366 e. The van der Waals surface area contributed by atoms with Crippen molar-refractivity contribution in [3.8, 4) is 0 Å². The lowest BCUT2D eigenvalue weighted by atomic mass is 9.72. The van der Waals surface area contributed by atoms with Crippen molar-refractivity contribution in [2.75, 3.05) is 38.1 Å². The largest absolute Gasteiger partial charge is 0.366 e. The summed E-state index contributed by atoms with van der Waals surface area (Å²) in [5.74, 6) is -1.02. The van der Waals surface area contributed by atoms with E-state index in [2.05, 4.69) is 30.2 Å². The Labute approximate surface area is 183 Å². The first-order chi connectivity index (χ1) is 15.4. The summed E-state index contributed by atoms with van der Waals surface area (Å²) >= 11 is 0. The maximum Gasteiger partial charge on any atom is 0.270 e. The smallest absolute Gasteiger partial charge is 0.270 e. The number of likely N-dealkylation sites (tertiary alicyclic amines) is 1. The van der Waals surface area contributed by atoms with Gasteiger partial charge in [0.05, 0.1) is 23.1 Å². The van der Waals surface area contributed by atoms with Gasteiger partial charge in [0, 0.05) is 45.2 Å². The molecule has 10 heteroatoms. The number of fused-ring (bicyclic) bond motifs is 1. The van der Waals surface area contributed by atoms with Gasteiger partial charge in [-0.05, 0) is 24.6 Å². The second kappa shape index (κ2) is 7.63. The molecule has 9 nitrogen and oxygen atoms in total. The maximum atomic E-state index is 14.4. The highest BCUT2D eigenvalue weighted by Crippen LogP contribution is 2.42. The number of H-pyrrole nitrogens is 1. The van der Waals surface area contributed by atoms with Crippen LogP contribution in [0.2, 0.25) is 0 Å². The highest BCUT2D eigenvalue weighted by molar-refractivity contribution is 5.92. The van der Waals surface area contributed by atoms with Gasteiger partial charge in [0.1, 0.15) is 16.9 Å². The lowest BCUT2D eigenvalue weighted by Gasteiger charge is -2.61. The third-order valence-electron chi connectivity index (χ3n) is 6.23. The summed E-state index contributed by atoms with van der Waals surface area (Å²) < 4.78 is 14.4. The zero-order valence-electron chi connectivity index (χ0n) is 18.0. The summed E-state index contributed by atoms with van der Waals surface area (Å²) in [6.45, 7) is 5.90. The van der Waals surface area contributed by atoms with Crippen LogP contribution < -0.4 is 15.8 Å². The molecule has 0 bridgehead atoms. The van der Waals surface area contributed by atoms with Gasteiger partial charge in [-0.2, -0.15) is 4.39 Å². The SMILES string of the molecule is CCc1nc2cnc(CN3CC4(C3)CN(c3ccc(C(=O)NC)nc3F)C4)cc2[nH]c1=O. The van der Waals surface area contributed by atoms with Gasteiger partial charge in [0.15, 0.2) is 0 Å². The Balaban J connectivity index is 1.19. The zero-order chi connectivity index (χ0) is 22.5. The number of aromatic amines is 1. The molecule has 3 aromatic rings. The summed E-state index contributed by atoms with van der Waals surface area (Å²) in [6, 6.07) is 5.05. The fourth-order valence-electron chi connectivity index (χ4n) is 4.69. The van der Waals surface area contributed by atoms with Crippen LogP contribution in [0.1, 0.15) is 28.8 Å². The number of hydrogen-bond donors (Lipinski definition) is 2. The minimum absolute atomic E-state index is 0.0733. The molecule has 0 atom stereocenters. The predicted octanol–water partition coefficient (Wildman–Crippen LogP) is 1.10. The summed E-state index contributed by atoms with van der Waals surface area (Å²) in [5, 5.41) is 2.45. The van der Waals surface area contributed by atoms with Gasteiger partial charge in [0.2, 0.25) is 5.95 Å². The van der Waals surface area contributed by atoms with Crippen molar-refractivity contribution >= 4 is 22.6 Å². The van der Waals surface area contributed by atoms with E-state index >= 15 is 0 Å². The van der Waals surface area contributed by atoms with Crippen molar-refractivity contribution in [3.63, 3.8) is 0 Å². The molecule has 2 fully saturated rings. The number of anilines is 1. The number of nitrogens with one attached hydrogen (secondary N) is 2. The van der Waals surface area contributed by atoms with Crippen molar-refractivity contribution in [3.05, 3.63) is 57.8 Å². The van der Waals surface area contributed by atoms with E-state index in [0.717, 1.165) is 31.9 Å². The standard InChI is InChI=1S/C22H24FN7O2/c1-3-14-21(32)28-16-6-13(25-7-17(16)26-14)8-29-9-22(10-29)11-30(12-22)18-5-4-15(20(31)24-2)27-19(18)23/h4-7H,3,8-12H2,1-2H3,(H,24,31)(H,28,32). The molecule has 0 aliphatic carbocycles. The second-order valence-electron chi connectivity index (χ2n) is 8.65. The molecule has 5 heterocycles. The van der Waals surface area contributed by atoms with Crippen LogP contribution in [0, 0.1) is 11.4 Å². The van der Waals surface area contributed by atoms with Crippen LogP contribution in [0.3, 0.4) is 0 Å². The third kappa shape index (κ3) is 3.50. The molecule has 166 valence electrons. The summed E-state index contributed by atoms with van der Waals surface area (Å²) in [4.78, 5) is 43.4. The Morgan fingerprint density at radius 3 is 2.72 bits per heavy atom. The molecular weight excluding hydrogens is 413 g/mol. The van der Waals surface area contributed by atoms with Crippen LogP contribution in [0.15, 0.2) is 29.2 Å². The fraction of sp³-hybridized carbons (Fsp3) is 0.409. The molecule has 5 rings (SSSR count). The number of aryl methyl sites for hydroxylation is 1. The zero-order valence-corrected chi connectivity index (χ0v) is 18.0. The third-order valence-corrected chi connectivity index (χ3v) is 6.23. The van der Waals surface area contributed by atoms with E-state index < -0.39 is 11.9 Å². The number of hydrogen-bond acceptors (Lipinski definition) is 7. The van der Waals surface area contributed by atoms with E-state index in [1.54, 1.807) is 18.3 Å². The Hall–Kier alpha value is -3.40. The molecule has 0 saturated carbocycles. The Morgan fingerprint density at radius 1 is 1.25 bits per heavy atom. The molecule has 2 N–H and O–H groups in total. The average Bonchev–Trinajstić information content (AvgIpc) is 2.73. The predicted molar refractivity (Wildman–Crippen MR) is 117 cm³/mol. The molecule has 32 heavy (non-hydrogen) atoms. The molecule has 3 aromatic heterocycles. The minimum atomic E-state index is -0.619. The van der Waals surface area contributed by atoms with E-state index in [9.17, 15) is 14.0 Å². The van der Waals surface area contributed by atoms with Crippen LogP contribution in [0.5, 0.6) is 0 Å². The summed E-state index contributed by atoms with van der Waals surface area (Å²) in [7, 11) is 1.49. The molecule has 0 aromatic carbocycles. The second-order valence-corrected chi connectivity index (χ2v) is 8.65. The first-order valence-electron chi connectivity index (χ1n) is 10.6. The Morgan fingerprint density at radius 2 is 2.03 bits per heavy atom. The number of carbonyl (C=O) groups is 1. The van der Waals surface area contributed by atoms with Gasteiger partial charge in [-0.15, -0.1) is 0 Å². The first-order valence-corrected chi connectivity index (χ1v) is 10.6. The molecular formula is C22H24FN7O2. The van der Waals surface area contributed by atoms with Gasteiger partial charge in [-0.3, -0.25) is 19.5 Å². The molecule has 0 unspecified atom stereocenters. The number of amides is 1. The monoisotopic (exact) mass is 437 g/mol. The van der Waals surface area contributed by atoms with Crippen molar-refractivity contribution in [1.29, 1.82) is 0 Å². The average molecular weight is 437 g/mol. The quantitative estimate of drug-likeness (QED) is 0.576. The van der Waals surface area contributed by atoms with E-state index in [1.807, 2.05) is 17.9 Å². The molecule has 2 aliphatic heterocycles. The molecule has 1 amide bonds. The molecule has 0 radical (unpaired) electrons. The topological polar surface area (TPSA) is 107 Å². The van der Waals surface area contributed by atoms with Crippen molar-refractivity contribution < 1.29 is 9.18 Å². The number of pyridine rings is 2. The number of aromatic nitrogens is 4. The van der Waals surface area contributed by atoms with Gasteiger partial charge < -0.3 is 15.2 Å². The first kappa shape index (κ1) is 20.5. The van der Waals surface area contributed by atoms with Gasteiger partial charge in [-0.25, -0.2) is 9.97 Å². The highest BCUT2D eigenvalue weighted by Gasteiger charge is 2.52. The van der Waals surface area contributed by atoms with E-state index in [-0.39, 0.29) is 16.7 Å². The number of carbonyl (C=O) groups excluding carboxylic acids is 1. The molecule has 2 aliphatic rings. The fourth-order valence-corrected chi connectivity index (χ4v) is 4.69. The highest BCUT2D eigenvalue weighted by atomic mass is 19.1. The number of halogens is 1. The lowest BCUT2D eigenvalue weighted by molar-refractivity contribution is -0.0283. The van der Waals surface area contributed by atoms with E-state index in [1.165, 1.54) is 7.05 Å². The van der Waals surface area contributed by atoms with Crippen LogP contribution >= 0.6 is 0 Å². The van der Waals surface area contributed by atoms with Crippen LogP contribution in [0.25, 0.3) is 11.0 Å². The molecule has 2 saturated heterocycles. The summed E-state index contributed by atoms with van der Waals surface area (Å²) in [6.07, 6.45) is 2.29. The van der Waals surface area contributed by atoms with Crippen LogP contribution in [0.4, 0.5) is 10.1 Å². The normalized spacial score (nSPS) is 17.3. The van der Waals surface area contributed by atoms with Crippen molar-refractivity contribution in [2.24, 2.45) is 5.41 Å². The number of rotatable bonds is 5. The van der Waals surface area contributed by atoms with Gasteiger partial charge >= 0.3 is 0 Å². The lowest BCUT2D eigenvalue weighted by Crippen LogP contribution is -2.72. The molecule has 1 spiro atoms. The van der Waals surface area contributed by atoms with Crippen molar-refractivity contribution in [2.45, 2.75) is 19.9 Å². The van der Waals surface area contributed by atoms with E-state index in [0.29, 0.717) is 35.4 Å². The Bertz CT molecular complexity index is 1260. The van der Waals surface area contributed by atoms with Crippen LogP contribution in [-0.4, -0.2) is 64.0 Å². The maximum absolute atomic E-state index is 14.4. The Kier molecular flexibility index (Phi) is 4.89. The van der Waals surface area contributed by atoms with Gasteiger partial charge in [0.25, 0.3) is 11.5 Å². The van der Waals surface area contributed by atoms with Crippen LogP contribution in [-0.2, 0) is 13.0 Å². The number of nitrogens with zero attached hydrogens (tertiary/aromatic N) is 5. The van der Waals surface area contributed by atoms with E-state index in [4.69, 9.17) is 0 Å².